The molecule has 0 aliphatic heterocycles. The molecule has 4 nitrogen and oxygen atoms in total. The summed E-state index contributed by atoms with van der Waals surface area (Å²) in [6.07, 6.45) is 0. The average Bonchev–Trinajstić information content (AvgIpc) is 2.47. The molecule has 1 rings (SSSR count). The molecule has 94 valence electrons. The van der Waals surface area contributed by atoms with Crippen LogP contribution in [0.1, 0.15) is 29.7 Å². The Balaban J connectivity index is 2.89. The molecule has 0 fully saturated rings. The van der Waals surface area contributed by atoms with Crippen LogP contribution < -0.4 is 11.1 Å². The number of amides is 1. The number of nitrogens with one attached hydrogen (secondary N) is 1. The topological polar surface area (TPSA) is 58.4 Å². The van der Waals surface area contributed by atoms with Crippen molar-refractivity contribution in [2.45, 2.75) is 13.8 Å². The van der Waals surface area contributed by atoms with Gasteiger partial charge in [-0.15, -0.1) is 0 Å². The molecule has 3 N–H and O–H groups in total. The number of nitrogens with zero attached hydrogens (tertiary/aromatic N) is 1. The molecule has 0 aromatic heterocycles. The van der Waals surface area contributed by atoms with Gasteiger partial charge in [-0.05, 0) is 37.3 Å². The first-order valence-corrected chi connectivity index (χ1v) is 5.71. The number of anilines is 1. The van der Waals surface area contributed by atoms with Crippen molar-refractivity contribution in [3.05, 3.63) is 29.7 Å². The van der Waals surface area contributed by atoms with Crippen LogP contribution in [0.25, 0.3) is 0 Å². The number of carbonyl (C=O) groups is 1. The lowest BCUT2D eigenvalue weighted by atomic mass is 10.2. The number of likely N-dealkylation sites (N-methyl/N-ethyl adjacent to an activating group) is 1. The zero-order valence-electron chi connectivity index (χ0n) is 14.3. The van der Waals surface area contributed by atoms with Gasteiger partial charge < -0.3 is 16.0 Å². The van der Waals surface area contributed by atoms with Crippen LogP contribution in [0.2, 0.25) is 0 Å². The standard InChI is InChI=1S/C13H21N3O/c1-3-16(4-2)10-9-15-13(17)11-5-7-12(14)8-6-11/h5-8H,3-4,9-10,14H2,1-2H3,(H,15,17)/i5D,6D,7D,8D. The highest BCUT2D eigenvalue weighted by molar-refractivity contribution is 5.94. The number of nitrogen functional groups attached to an aromatic ring is 1. The van der Waals surface area contributed by atoms with Gasteiger partial charge in [-0.2, -0.15) is 0 Å². The van der Waals surface area contributed by atoms with E-state index < -0.39 is 18.0 Å². The molecule has 0 heterocycles. The summed E-state index contributed by atoms with van der Waals surface area (Å²) < 4.78 is 30.7. The van der Waals surface area contributed by atoms with Gasteiger partial charge in [0.2, 0.25) is 0 Å². The Kier molecular flexibility index (Phi) is 3.47. The smallest absolute Gasteiger partial charge is 0.251 e. The third kappa shape index (κ3) is 4.44. The Morgan fingerprint density at radius 2 is 1.94 bits per heavy atom. The Morgan fingerprint density at radius 3 is 2.47 bits per heavy atom. The monoisotopic (exact) mass is 239 g/mol. The van der Waals surface area contributed by atoms with Crippen molar-refractivity contribution >= 4 is 11.6 Å². The van der Waals surface area contributed by atoms with Gasteiger partial charge in [-0.1, -0.05) is 13.8 Å². The SMILES string of the molecule is [2H]c1c([2H])c(C(=O)NCCN(CC)CC)c([2H])c([2H])c1N. The molecule has 1 amide bonds. The number of benzene rings is 1. The van der Waals surface area contributed by atoms with Gasteiger partial charge in [0, 0.05) is 24.3 Å². The second-order valence-corrected chi connectivity index (χ2v) is 3.57. The highest BCUT2D eigenvalue weighted by atomic mass is 16.1. The van der Waals surface area contributed by atoms with Crippen molar-refractivity contribution in [2.75, 3.05) is 31.9 Å². The van der Waals surface area contributed by atoms with Gasteiger partial charge in [0.05, 0.1) is 5.48 Å². The normalized spacial score (nSPS) is 13.8. The molecule has 1 aromatic carbocycles. The minimum atomic E-state index is -0.612. The maximum absolute atomic E-state index is 12.1. The van der Waals surface area contributed by atoms with Crippen LogP contribution in [-0.4, -0.2) is 37.0 Å². The molecule has 0 unspecified atom stereocenters. The predicted molar refractivity (Wildman–Crippen MR) is 71.0 cm³/mol. The zero-order valence-corrected chi connectivity index (χ0v) is 10.3. The number of nitrogens with two attached hydrogens (primary N) is 1. The molecule has 0 aliphatic carbocycles. The van der Waals surface area contributed by atoms with E-state index in [0.29, 0.717) is 13.1 Å². The van der Waals surface area contributed by atoms with Crippen molar-refractivity contribution in [3.8, 4) is 0 Å². The van der Waals surface area contributed by atoms with E-state index in [-0.39, 0.29) is 23.3 Å². The van der Waals surface area contributed by atoms with Gasteiger partial charge in [-0.3, -0.25) is 4.79 Å². The third-order valence-electron chi connectivity index (χ3n) is 2.48. The Labute approximate surface area is 108 Å². The summed E-state index contributed by atoms with van der Waals surface area (Å²) in [4.78, 5) is 14.2. The van der Waals surface area contributed by atoms with E-state index in [0.717, 1.165) is 13.1 Å². The zero-order chi connectivity index (χ0) is 16.2. The largest absolute Gasteiger partial charge is 0.399 e. The van der Waals surface area contributed by atoms with E-state index in [2.05, 4.69) is 10.2 Å². The average molecular weight is 239 g/mol. The van der Waals surface area contributed by atoms with Crippen molar-refractivity contribution < 1.29 is 10.3 Å². The highest BCUT2D eigenvalue weighted by Gasteiger charge is 2.05. The maximum Gasteiger partial charge on any atom is 0.251 e. The lowest BCUT2D eigenvalue weighted by molar-refractivity contribution is 0.0949. The number of rotatable bonds is 6. The molecular formula is C13H21N3O. The predicted octanol–water partition coefficient (Wildman–Crippen LogP) is 1.34. The molecule has 0 aliphatic rings. The third-order valence-corrected chi connectivity index (χ3v) is 2.48. The van der Waals surface area contributed by atoms with Crippen molar-refractivity contribution in [1.82, 2.24) is 10.2 Å². The van der Waals surface area contributed by atoms with Gasteiger partial charge >= 0.3 is 0 Å². The first-order valence-electron chi connectivity index (χ1n) is 7.71. The Morgan fingerprint density at radius 1 is 1.35 bits per heavy atom. The summed E-state index contributed by atoms with van der Waals surface area (Å²) in [5.41, 5.74) is 4.96. The van der Waals surface area contributed by atoms with Crippen LogP contribution >= 0.6 is 0 Å². The van der Waals surface area contributed by atoms with Crippen molar-refractivity contribution in [1.29, 1.82) is 0 Å². The summed E-state index contributed by atoms with van der Waals surface area (Å²) in [5, 5.41) is 2.63. The summed E-state index contributed by atoms with van der Waals surface area (Å²) in [6.45, 7) is 6.83. The van der Waals surface area contributed by atoms with E-state index in [1.165, 1.54) is 0 Å². The first-order chi connectivity index (χ1) is 9.84. The van der Waals surface area contributed by atoms with Crippen molar-refractivity contribution in [2.24, 2.45) is 0 Å². The molecular weight excluding hydrogens is 214 g/mol. The number of hydrogen-bond donors (Lipinski definition) is 2. The van der Waals surface area contributed by atoms with Crippen molar-refractivity contribution in [3.63, 3.8) is 0 Å². The van der Waals surface area contributed by atoms with E-state index in [4.69, 9.17) is 11.2 Å². The Hall–Kier alpha value is -1.55. The molecule has 1 aromatic rings. The fraction of sp³-hybridized carbons (Fsp3) is 0.462. The summed E-state index contributed by atoms with van der Waals surface area (Å²) in [7, 11) is 0. The maximum atomic E-state index is 12.1. The minimum Gasteiger partial charge on any atom is -0.399 e. The Bertz CT molecular complexity index is 504. The molecule has 0 saturated heterocycles. The van der Waals surface area contributed by atoms with Crippen LogP contribution in [0.4, 0.5) is 5.69 Å². The van der Waals surface area contributed by atoms with Crippen LogP contribution in [-0.2, 0) is 0 Å². The van der Waals surface area contributed by atoms with Crippen LogP contribution in [0.3, 0.4) is 0 Å². The molecule has 0 saturated carbocycles. The molecule has 0 radical (unpaired) electrons. The van der Waals surface area contributed by atoms with Gasteiger partial charge in [0.15, 0.2) is 0 Å². The molecule has 0 spiro atoms. The molecule has 4 heteroatoms. The minimum absolute atomic E-state index is 0.246. The summed E-state index contributed by atoms with van der Waals surface area (Å²) >= 11 is 0. The fourth-order valence-electron chi connectivity index (χ4n) is 1.39. The molecule has 0 atom stereocenters. The summed E-state index contributed by atoms with van der Waals surface area (Å²) in [6, 6.07) is -1.59. The second-order valence-electron chi connectivity index (χ2n) is 3.57. The first kappa shape index (κ1) is 8.53. The van der Waals surface area contributed by atoms with Gasteiger partial charge in [0.25, 0.3) is 5.91 Å². The number of hydrogen-bond acceptors (Lipinski definition) is 3. The molecule has 17 heavy (non-hydrogen) atoms. The van der Waals surface area contributed by atoms with E-state index in [1.54, 1.807) is 0 Å². The van der Waals surface area contributed by atoms with Gasteiger partial charge in [-0.25, -0.2) is 0 Å². The van der Waals surface area contributed by atoms with E-state index in [1.807, 2.05) is 13.8 Å². The second kappa shape index (κ2) is 6.91. The lowest BCUT2D eigenvalue weighted by Gasteiger charge is -2.17. The van der Waals surface area contributed by atoms with E-state index >= 15 is 0 Å². The van der Waals surface area contributed by atoms with Crippen LogP contribution in [0, 0.1) is 0 Å². The lowest BCUT2D eigenvalue weighted by Crippen LogP contribution is -2.34. The summed E-state index contributed by atoms with van der Waals surface area (Å²) in [5.74, 6) is -0.612. The van der Waals surface area contributed by atoms with Gasteiger partial charge in [0.1, 0.15) is 0 Å². The highest BCUT2D eigenvalue weighted by Crippen LogP contribution is 2.04. The molecule has 0 bridgehead atoms. The fourth-order valence-corrected chi connectivity index (χ4v) is 1.39. The van der Waals surface area contributed by atoms with Crippen LogP contribution in [0.15, 0.2) is 24.2 Å². The quantitative estimate of drug-likeness (QED) is 0.737. The number of carbonyl (C=O) groups excluding carboxylic acids is 1. The van der Waals surface area contributed by atoms with E-state index in [9.17, 15) is 4.79 Å². The van der Waals surface area contributed by atoms with Crippen LogP contribution in [0.5, 0.6) is 0 Å².